The van der Waals surface area contributed by atoms with Crippen LogP contribution >= 0.6 is 0 Å². The molecular weight excluding hydrogens is 328 g/mol. The molecule has 124 valence electrons. The topological polar surface area (TPSA) is 28.7 Å². The predicted octanol–water partition coefficient (Wildman–Crippen LogP) is 6.67. The Morgan fingerprint density at radius 1 is 0.630 bits per heavy atom. The minimum atomic E-state index is 1.08. The van der Waals surface area contributed by atoms with Gasteiger partial charge in [-0.15, -0.1) is 0 Å². The zero-order valence-electron chi connectivity index (χ0n) is 14.5. The van der Waals surface area contributed by atoms with Crippen LogP contribution in [0.15, 0.2) is 79.1 Å². The van der Waals surface area contributed by atoms with E-state index < -0.39 is 0 Å². The van der Waals surface area contributed by atoms with E-state index in [1.165, 1.54) is 60.1 Å². The van der Waals surface area contributed by atoms with Gasteiger partial charge in [-0.3, -0.25) is 4.98 Å². The van der Waals surface area contributed by atoms with E-state index in [1.807, 2.05) is 12.3 Å². The summed E-state index contributed by atoms with van der Waals surface area (Å²) in [4.78, 5) is 8.26. The third-order valence-corrected chi connectivity index (χ3v) is 6.01. The summed E-state index contributed by atoms with van der Waals surface area (Å²) in [5.41, 5.74) is 7.57. The van der Waals surface area contributed by atoms with Crippen molar-refractivity contribution in [2.24, 2.45) is 0 Å². The summed E-state index contributed by atoms with van der Waals surface area (Å²) in [5, 5.41) is 7.67. The quantitative estimate of drug-likeness (QED) is 0.306. The number of aromatic nitrogens is 2. The summed E-state index contributed by atoms with van der Waals surface area (Å²) in [6.45, 7) is 0. The number of pyridine rings is 1. The molecule has 0 unspecified atom stereocenters. The molecule has 7 rings (SSSR count). The summed E-state index contributed by atoms with van der Waals surface area (Å²) in [7, 11) is 0. The predicted molar refractivity (Wildman–Crippen MR) is 113 cm³/mol. The Morgan fingerprint density at radius 3 is 2.52 bits per heavy atom. The molecule has 27 heavy (non-hydrogen) atoms. The molecule has 0 radical (unpaired) electrons. The standard InChI is InChI=1S/C25H14N2/c1-2-7-16-15(6-1)17-11-10-14-5-4-12-26-25(14)24(17)23-19-13-27-20-9-3-8-18(21(19)20)22(16)23/h1-13,27H. The molecule has 1 aliphatic carbocycles. The number of hydrogen-bond acceptors (Lipinski definition) is 1. The highest BCUT2D eigenvalue weighted by molar-refractivity contribution is 6.33. The smallest absolute Gasteiger partial charge is 0.0786 e. The van der Waals surface area contributed by atoms with Crippen molar-refractivity contribution in [3.63, 3.8) is 0 Å². The van der Waals surface area contributed by atoms with Crippen molar-refractivity contribution in [2.45, 2.75) is 0 Å². The van der Waals surface area contributed by atoms with Gasteiger partial charge in [-0.25, -0.2) is 0 Å². The first-order valence-electron chi connectivity index (χ1n) is 9.25. The monoisotopic (exact) mass is 342 g/mol. The number of aromatic amines is 1. The van der Waals surface area contributed by atoms with Gasteiger partial charge in [0.1, 0.15) is 0 Å². The summed E-state index contributed by atoms with van der Waals surface area (Å²) < 4.78 is 0. The van der Waals surface area contributed by atoms with Gasteiger partial charge in [-0.05, 0) is 39.4 Å². The largest absolute Gasteiger partial charge is 0.361 e. The molecule has 1 N–H and O–H groups in total. The molecule has 0 bridgehead atoms. The minimum absolute atomic E-state index is 1.08. The number of hydrogen-bond donors (Lipinski definition) is 1. The second-order valence-electron chi connectivity index (χ2n) is 7.29. The number of nitrogens with zero attached hydrogens (tertiary/aromatic N) is 1. The molecule has 6 aromatic rings. The van der Waals surface area contributed by atoms with Crippen molar-refractivity contribution in [1.29, 1.82) is 0 Å². The van der Waals surface area contributed by atoms with E-state index in [0.717, 1.165) is 5.52 Å². The lowest BCUT2D eigenvalue weighted by Gasteiger charge is -2.15. The maximum atomic E-state index is 4.79. The van der Waals surface area contributed by atoms with Crippen LogP contribution in [0.25, 0.3) is 65.6 Å². The molecule has 0 spiro atoms. The second-order valence-corrected chi connectivity index (χ2v) is 7.29. The number of fused-ring (bicyclic) bond motifs is 10. The fourth-order valence-electron chi connectivity index (χ4n) is 4.96. The molecule has 0 fully saturated rings. The zero-order valence-corrected chi connectivity index (χ0v) is 14.5. The molecular formula is C25H14N2. The summed E-state index contributed by atoms with van der Waals surface area (Å²) in [6.07, 6.45) is 4.06. The average molecular weight is 342 g/mol. The van der Waals surface area contributed by atoms with Gasteiger partial charge in [0, 0.05) is 45.2 Å². The van der Waals surface area contributed by atoms with Crippen LogP contribution in [0.1, 0.15) is 0 Å². The average Bonchev–Trinajstić information content (AvgIpc) is 3.31. The van der Waals surface area contributed by atoms with Gasteiger partial charge >= 0.3 is 0 Å². The molecule has 0 saturated carbocycles. The number of nitrogens with one attached hydrogen (secondary N) is 1. The lowest BCUT2D eigenvalue weighted by molar-refractivity contribution is 1.43. The van der Waals surface area contributed by atoms with E-state index in [4.69, 9.17) is 4.98 Å². The molecule has 2 heterocycles. The van der Waals surface area contributed by atoms with E-state index in [-0.39, 0.29) is 0 Å². The molecule has 2 nitrogen and oxygen atoms in total. The maximum Gasteiger partial charge on any atom is 0.0786 e. The fraction of sp³-hybridized carbons (Fsp3) is 0. The summed E-state index contributed by atoms with van der Waals surface area (Å²) in [5.74, 6) is 0. The van der Waals surface area contributed by atoms with Gasteiger partial charge < -0.3 is 4.98 Å². The Kier molecular flexibility index (Phi) is 2.28. The van der Waals surface area contributed by atoms with E-state index >= 15 is 0 Å². The van der Waals surface area contributed by atoms with Crippen molar-refractivity contribution in [3.05, 3.63) is 79.1 Å². The van der Waals surface area contributed by atoms with Crippen LogP contribution < -0.4 is 0 Å². The Balaban J connectivity index is 1.88. The lowest BCUT2D eigenvalue weighted by Crippen LogP contribution is -1.89. The Morgan fingerprint density at radius 2 is 1.56 bits per heavy atom. The van der Waals surface area contributed by atoms with Gasteiger partial charge in [0.05, 0.1) is 5.52 Å². The SMILES string of the molecule is c1cnc2c(c1)ccc1c3ccccc3c3c(c12)-c1c[nH]c2cccc-3c12. The number of benzene rings is 4. The molecule has 4 aromatic carbocycles. The molecule has 0 aliphatic heterocycles. The van der Waals surface area contributed by atoms with Crippen LogP contribution in [0.4, 0.5) is 0 Å². The Labute approximate surface area is 155 Å². The van der Waals surface area contributed by atoms with Crippen LogP contribution in [0, 0.1) is 0 Å². The molecule has 0 amide bonds. The van der Waals surface area contributed by atoms with Gasteiger partial charge in [0.2, 0.25) is 0 Å². The van der Waals surface area contributed by atoms with E-state index in [2.05, 4.69) is 71.8 Å². The summed E-state index contributed by atoms with van der Waals surface area (Å²) >= 11 is 0. The first-order chi connectivity index (χ1) is 13.4. The van der Waals surface area contributed by atoms with E-state index in [0.29, 0.717) is 0 Å². The second kappa shape index (κ2) is 4.54. The third kappa shape index (κ3) is 1.51. The molecule has 0 atom stereocenters. The van der Waals surface area contributed by atoms with Gasteiger partial charge in [-0.2, -0.15) is 0 Å². The first kappa shape index (κ1) is 13.5. The number of rotatable bonds is 0. The lowest BCUT2D eigenvalue weighted by atomic mass is 9.89. The van der Waals surface area contributed by atoms with Crippen molar-refractivity contribution in [1.82, 2.24) is 9.97 Å². The minimum Gasteiger partial charge on any atom is -0.361 e. The van der Waals surface area contributed by atoms with Crippen molar-refractivity contribution in [3.8, 4) is 22.3 Å². The van der Waals surface area contributed by atoms with Crippen molar-refractivity contribution in [2.75, 3.05) is 0 Å². The Bertz CT molecular complexity index is 1560. The Hall–Kier alpha value is -3.65. The summed E-state index contributed by atoms with van der Waals surface area (Å²) in [6, 6.07) is 23.9. The van der Waals surface area contributed by atoms with Gasteiger partial charge in [0.25, 0.3) is 0 Å². The highest BCUT2D eigenvalue weighted by atomic mass is 14.7. The van der Waals surface area contributed by atoms with Crippen molar-refractivity contribution >= 4 is 43.4 Å². The molecule has 2 aromatic heterocycles. The fourth-order valence-corrected chi connectivity index (χ4v) is 4.96. The van der Waals surface area contributed by atoms with Crippen molar-refractivity contribution < 1.29 is 0 Å². The normalized spacial score (nSPS) is 12.4. The van der Waals surface area contributed by atoms with Crippen LogP contribution in [0.3, 0.4) is 0 Å². The first-order valence-corrected chi connectivity index (χ1v) is 9.25. The third-order valence-electron chi connectivity index (χ3n) is 6.01. The van der Waals surface area contributed by atoms with Gasteiger partial charge in [0.15, 0.2) is 0 Å². The zero-order chi connectivity index (χ0) is 17.5. The van der Waals surface area contributed by atoms with Crippen LogP contribution in [-0.2, 0) is 0 Å². The highest BCUT2D eigenvalue weighted by Gasteiger charge is 2.28. The van der Waals surface area contributed by atoms with Gasteiger partial charge in [-0.1, -0.05) is 54.6 Å². The van der Waals surface area contributed by atoms with Crippen LogP contribution in [0.2, 0.25) is 0 Å². The highest BCUT2D eigenvalue weighted by Crippen LogP contribution is 2.54. The number of H-pyrrole nitrogens is 1. The van der Waals surface area contributed by atoms with E-state index in [1.54, 1.807) is 0 Å². The molecule has 0 saturated heterocycles. The van der Waals surface area contributed by atoms with E-state index in [9.17, 15) is 0 Å². The van der Waals surface area contributed by atoms with Crippen LogP contribution in [0.5, 0.6) is 0 Å². The maximum absolute atomic E-state index is 4.79. The molecule has 1 aliphatic rings. The molecule has 2 heteroatoms. The van der Waals surface area contributed by atoms with Crippen LogP contribution in [-0.4, -0.2) is 9.97 Å².